The summed E-state index contributed by atoms with van der Waals surface area (Å²) < 4.78 is 0. The average molecular weight is 214 g/mol. The number of rotatable bonds is 1. The lowest BCUT2D eigenvalue weighted by molar-refractivity contribution is 0.112. The second-order valence-electron chi connectivity index (χ2n) is 3.36. The lowest BCUT2D eigenvalue weighted by Crippen LogP contribution is -1.73. The van der Waals surface area contributed by atoms with Crippen molar-refractivity contribution >= 4 is 6.29 Å². The third-order valence-electron chi connectivity index (χ3n) is 1.97. The molecule has 0 fully saturated rings. The standard InChI is InChI=1S/C7H8O.C7H6O/c1-6-2-4-7(8)5-3-6;8-6-7-4-2-1-3-5-7/h2-5,8H,1H3;1-6H. The Labute approximate surface area is 95.2 Å². The summed E-state index contributed by atoms with van der Waals surface area (Å²) in [6.07, 6.45) is 0.833. The van der Waals surface area contributed by atoms with Gasteiger partial charge in [-0.2, -0.15) is 0 Å². The summed E-state index contributed by atoms with van der Waals surface area (Å²) in [4.78, 5) is 10.0. The molecule has 1 N–H and O–H groups in total. The van der Waals surface area contributed by atoms with Crippen LogP contribution in [-0.4, -0.2) is 11.4 Å². The Morgan fingerprint density at radius 1 is 0.938 bits per heavy atom. The highest BCUT2D eigenvalue weighted by Crippen LogP contribution is 2.07. The highest BCUT2D eigenvalue weighted by atomic mass is 16.3. The van der Waals surface area contributed by atoms with E-state index < -0.39 is 0 Å². The van der Waals surface area contributed by atoms with Gasteiger partial charge in [-0.15, -0.1) is 0 Å². The molecule has 0 aliphatic heterocycles. The van der Waals surface area contributed by atoms with Gasteiger partial charge in [-0.25, -0.2) is 0 Å². The van der Waals surface area contributed by atoms with E-state index >= 15 is 0 Å². The number of hydrogen-bond donors (Lipinski definition) is 1. The van der Waals surface area contributed by atoms with Crippen molar-refractivity contribution in [3.63, 3.8) is 0 Å². The second kappa shape index (κ2) is 6.40. The molecule has 0 aliphatic rings. The van der Waals surface area contributed by atoms with Crippen LogP contribution < -0.4 is 0 Å². The Morgan fingerprint density at radius 3 is 1.88 bits per heavy atom. The van der Waals surface area contributed by atoms with E-state index in [0.29, 0.717) is 5.75 Å². The summed E-state index contributed by atoms with van der Waals surface area (Å²) in [5, 5.41) is 8.76. The van der Waals surface area contributed by atoms with E-state index in [0.717, 1.165) is 11.8 Å². The maximum Gasteiger partial charge on any atom is 0.150 e. The van der Waals surface area contributed by atoms with Crippen LogP contribution in [0.1, 0.15) is 15.9 Å². The quantitative estimate of drug-likeness (QED) is 0.740. The molecule has 0 radical (unpaired) electrons. The van der Waals surface area contributed by atoms with Gasteiger partial charge in [-0.1, -0.05) is 48.0 Å². The van der Waals surface area contributed by atoms with Gasteiger partial charge < -0.3 is 5.11 Å². The fraction of sp³-hybridized carbons (Fsp3) is 0.0714. The van der Waals surface area contributed by atoms with Crippen molar-refractivity contribution in [1.29, 1.82) is 0 Å². The molecule has 2 nitrogen and oxygen atoms in total. The second-order valence-corrected chi connectivity index (χ2v) is 3.36. The van der Waals surface area contributed by atoms with Gasteiger partial charge in [0.15, 0.2) is 0 Å². The SMILES string of the molecule is Cc1ccc(O)cc1.O=Cc1ccccc1. The summed E-state index contributed by atoms with van der Waals surface area (Å²) in [6, 6.07) is 16.2. The molecule has 0 atom stereocenters. The predicted octanol–water partition coefficient (Wildman–Crippen LogP) is 3.20. The van der Waals surface area contributed by atoms with Crippen LogP contribution in [0.2, 0.25) is 0 Å². The molecule has 2 aromatic carbocycles. The lowest BCUT2D eigenvalue weighted by Gasteiger charge is -1.89. The maximum atomic E-state index is 10.0. The number of carbonyl (C=O) groups excluding carboxylic acids is 1. The van der Waals surface area contributed by atoms with E-state index in [1.165, 1.54) is 5.56 Å². The monoisotopic (exact) mass is 214 g/mol. The van der Waals surface area contributed by atoms with Crippen molar-refractivity contribution in [3.8, 4) is 5.75 Å². The molecule has 0 saturated carbocycles. The van der Waals surface area contributed by atoms with Crippen LogP contribution in [-0.2, 0) is 0 Å². The number of hydrogen-bond acceptors (Lipinski definition) is 2. The van der Waals surface area contributed by atoms with Crippen molar-refractivity contribution in [3.05, 3.63) is 65.7 Å². The van der Waals surface area contributed by atoms with Crippen LogP contribution >= 0.6 is 0 Å². The Kier molecular flexibility index (Phi) is 4.80. The van der Waals surface area contributed by atoms with Gasteiger partial charge in [-0.3, -0.25) is 4.79 Å². The predicted molar refractivity (Wildman–Crippen MR) is 64.7 cm³/mol. The smallest absolute Gasteiger partial charge is 0.150 e. The topological polar surface area (TPSA) is 37.3 Å². The van der Waals surface area contributed by atoms with Gasteiger partial charge in [0, 0.05) is 5.56 Å². The van der Waals surface area contributed by atoms with Crippen LogP contribution in [0.25, 0.3) is 0 Å². The first-order chi connectivity index (χ1) is 7.72. The molecular weight excluding hydrogens is 200 g/mol. The first kappa shape index (κ1) is 12.0. The Morgan fingerprint density at radius 2 is 1.50 bits per heavy atom. The minimum atomic E-state index is 0.329. The molecule has 0 unspecified atom stereocenters. The summed E-state index contributed by atoms with van der Waals surface area (Å²) in [7, 11) is 0. The van der Waals surface area contributed by atoms with Crippen molar-refractivity contribution in [1.82, 2.24) is 0 Å². The summed E-state index contributed by atoms with van der Waals surface area (Å²) in [5.74, 6) is 0.329. The summed E-state index contributed by atoms with van der Waals surface area (Å²) in [5.41, 5.74) is 1.90. The van der Waals surface area contributed by atoms with Crippen LogP contribution in [0.5, 0.6) is 5.75 Å². The molecule has 2 aromatic rings. The molecule has 0 aliphatic carbocycles. The van der Waals surface area contributed by atoms with E-state index in [-0.39, 0.29) is 0 Å². The first-order valence-electron chi connectivity index (χ1n) is 4.98. The molecule has 82 valence electrons. The number of aromatic hydroxyl groups is 1. The number of phenolic OH excluding ortho intramolecular Hbond substituents is 1. The van der Waals surface area contributed by atoms with E-state index in [1.807, 2.05) is 37.3 Å². The molecule has 0 bridgehead atoms. The molecule has 0 amide bonds. The zero-order valence-electron chi connectivity index (χ0n) is 9.13. The van der Waals surface area contributed by atoms with Gasteiger partial charge in [0.25, 0.3) is 0 Å². The van der Waals surface area contributed by atoms with Crippen LogP contribution in [0.4, 0.5) is 0 Å². The molecule has 0 spiro atoms. The lowest BCUT2D eigenvalue weighted by atomic mass is 10.2. The Balaban J connectivity index is 0.000000160. The van der Waals surface area contributed by atoms with Crippen molar-refractivity contribution < 1.29 is 9.90 Å². The van der Waals surface area contributed by atoms with E-state index in [9.17, 15) is 4.79 Å². The van der Waals surface area contributed by atoms with E-state index in [4.69, 9.17) is 5.11 Å². The van der Waals surface area contributed by atoms with Gasteiger partial charge in [0.1, 0.15) is 12.0 Å². The van der Waals surface area contributed by atoms with Crippen molar-refractivity contribution in [2.24, 2.45) is 0 Å². The Hall–Kier alpha value is -2.09. The minimum absolute atomic E-state index is 0.329. The third-order valence-corrected chi connectivity index (χ3v) is 1.97. The number of aldehydes is 1. The molecule has 0 saturated heterocycles. The summed E-state index contributed by atoms with van der Waals surface area (Å²) in [6.45, 7) is 1.99. The fourth-order valence-corrected chi connectivity index (χ4v) is 1.08. The van der Waals surface area contributed by atoms with Crippen molar-refractivity contribution in [2.75, 3.05) is 0 Å². The van der Waals surface area contributed by atoms with Crippen LogP contribution in [0, 0.1) is 6.92 Å². The van der Waals surface area contributed by atoms with Gasteiger partial charge in [0.05, 0.1) is 0 Å². The van der Waals surface area contributed by atoms with Gasteiger partial charge >= 0.3 is 0 Å². The summed E-state index contributed by atoms with van der Waals surface area (Å²) >= 11 is 0. The van der Waals surface area contributed by atoms with E-state index in [1.54, 1.807) is 24.3 Å². The van der Waals surface area contributed by atoms with Gasteiger partial charge in [0.2, 0.25) is 0 Å². The number of phenols is 1. The minimum Gasteiger partial charge on any atom is -0.508 e. The highest BCUT2D eigenvalue weighted by molar-refractivity contribution is 5.74. The number of aryl methyl sites for hydroxylation is 1. The molecule has 2 rings (SSSR count). The molecule has 16 heavy (non-hydrogen) atoms. The largest absolute Gasteiger partial charge is 0.508 e. The maximum absolute atomic E-state index is 10.0. The Bertz CT molecular complexity index is 397. The number of carbonyl (C=O) groups is 1. The molecule has 2 heteroatoms. The van der Waals surface area contributed by atoms with Crippen LogP contribution in [0.3, 0.4) is 0 Å². The molecular formula is C14H14O2. The average Bonchev–Trinajstić information content (AvgIpc) is 2.35. The third kappa shape index (κ3) is 4.42. The van der Waals surface area contributed by atoms with Crippen molar-refractivity contribution in [2.45, 2.75) is 6.92 Å². The zero-order chi connectivity index (χ0) is 11.8. The van der Waals surface area contributed by atoms with Crippen LogP contribution in [0.15, 0.2) is 54.6 Å². The fourth-order valence-electron chi connectivity index (χ4n) is 1.08. The normalized spacial score (nSPS) is 8.81. The first-order valence-corrected chi connectivity index (χ1v) is 4.98. The van der Waals surface area contributed by atoms with Gasteiger partial charge in [-0.05, 0) is 19.1 Å². The van der Waals surface area contributed by atoms with E-state index in [2.05, 4.69) is 0 Å². The number of benzene rings is 2. The highest BCUT2D eigenvalue weighted by Gasteiger charge is 1.82. The molecule has 0 aromatic heterocycles. The zero-order valence-corrected chi connectivity index (χ0v) is 9.13. The molecule has 0 heterocycles.